The average molecular weight is 532 g/mol. The van der Waals surface area contributed by atoms with Crippen LogP contribution < -0.4 is 9.47 Å². The van der Waals surface area contributed by atoms with Crippen LogP contribution in [0.5, 0.6) is 11.5 Å². The van der Waals surface area contributed by atoms with E-state index >= 15 is 0 Å². The number of hydrogen-bond acceptors (Lipinski definition) is 5. The van der Waals surface area contributed by atoms with Crippen LogP contribution in [0, 0.1) is 38.6 Å². The summed E-state index contributed by atoms with van der Waals surface area (Å²) in [5.41, 5.74) is 3.08. The Balaban J connectivity index is 1.90. The fourth-order valence-corrected chi connectivity index (χ4v) is 5.72. The molecular formula is C24H25IN2O2S. The quantitative estimate of drug-likeness (QED) is 0.264. The van der Waals surface area contributed by atoms with Crippen molar-refractivity contribution in [2.45, 2.75) is 40.0 Å². The molecule has 1 aromatic carbocycles. The summed E-state index contributed by atoms with van der Waals surface area (Å²) >= 11 is 3.85. The molecule has 0 unspecified atom stereocenters. The number of nitriles is 1. The Morgan fingerprint density at radius 2 is 2.17 bits per heavy atom. The predicted molar refractivity (Wildman–Crippen MR) is 131 cm³/mol. The number of aliphatic imine (C=N–C) groups is 1. The highest BCUT2D eigenvalue weighted by Gasteiger charge is 2.32. The van der Waals surface area contributed by atoms with Gasteiger partial charge in [0.05, 0.1) is 16.2 Å². The van der Waals surface area contributed by atoms with Crippen molar-refractivity contribution in [3.63, 3.8) is 0 Å². The van der Waals surface area contributed by atoms with Crippen molar-refractivity contribution < 1.29 is 9.47 Å². The molecule has 1 atom stereocenters. The molecule has 6 heteroatoms. The van der Waals surface area contributed by atoms with Crippen LogP contribution in [-0.2, 0) is 12.8 Å². The molecule has 0 N–H and O–H groups in total. The second-order valence-electron chi connectivity index (χ2n) is 8.39. The van der Waals surface area contributed by atoms with Gasteiger partial charge in [0.1, 0.15) is 17.7 Å². The van der Waals surface area contributed by atoms with Crippen molar-refractivity contribution in [1.82, 2.24) is 0 Å². The zero-order valence-electron chi connectivity index (χ0n) is 17.7. The zero-order valence-corrected chi connectivity index (χ0v) is 20.7. The summed E-state index contributed by atoms with van der Waals surface area (Å²) in [5, 5.41) is 10.6. The average Bonchev–Trinajstić information content (AvgIpc) is 3.07. The number of hydrogen-bond donors (Lipinski definition) is 0. The van der Waals surface area contributed by atoms with Crippen LogP contribution in [0.1, 0.15) is 48.8 Å². The number of terminal acetylenes is 1. The van der Waals surface area contributed by atoms with Gasteiger partial charge in [-0.05, 0) is 76.4 Å². The van der Waals surface area contributed by atoms with E-state index in [-0.39, 0.29) is 12.0 Å². The van der Waals surface area contributed by atoms with Gasteiger partial charge in [-0.25, -0.2) is 4.99 Å². The van der Waals surface area contributed by atoms with Gasteiger partial charge in [-0.2, -0.15) is 5.26 Å². The van der Waals surface area contributed by atoms with Crippen LogP contribution in [0.4, 0.5) is 5.00 Å². The molecule has 0 radical (unpaired) electrons. The molecule has 0 fully saturated rings. The number of fused-ring (bicyclic) bond motifs is 1. The molecule has 1 aliphatic carbocycles. The van der Waals surface area contributed by atoms with Gasteiger partial charge < -0.3 is 9.47 Å². The van der Waals surface area contributed by atoms with Crippen molar-refractivity contribution in [2.75, 3.05) is 13.7 Å². The van der Waals surface area contributed by atoms with E-state index in [0.717, 1.165) is 39.0 Å². The van der Waals surface area contributed by atoms with Crippen LogP contribution in [0.2, 0.25) is 0 Å². The Kier molecular flexibility index (Phi) is 7.10. The largest absolute Gasteiger partial charge is 0.493 e. The lowest BCUT2D eigenvalue weighted by Gasteiger charge is -2.33. The summed E-state index contributed by atoms with van der Waals surface area (Å²) in [4.78, 5) is 6.00. The van der Waals surface area contributed by atoms with E-state index in [4.69, 9.17) is 15.9 Å². The van der Waals surface area contributed by atoms with E-state index in [9.17, 15) is 5.26 Å². The molecule has 30 heavy (non-hydrogen) atoms. The van der Waals surface area contributed by atoms with Crippen LogP contribution >= 0.6 is 33.9 Å². The Labute approximate surface area is 196 Å². The lowest BCUT2D eigenvalue weighted by molar-refractivity contribution is 0.218. The molecule has 156 valence electrons. The van der Waals surface area contributed by atoms with Gasteiger partial charge in [0.25, 0.3) is 0 Å². The first-order valence-corrected chi connectivity index (χ1v) is 11.7. The lowest BCUT2D eigenvalue weighted by Crippen LogP contribution is -2.26. The third-order valence-corrected chi connectivity index (χ3v) is 7.43. The Hall–Kier alpha value is -2.03. The summed E-state index contributed by atoms with van der Waals surface area (Å²) < 4.78 is 12.0. The number of rotatable bonds is 5. The number of nitrogens with zero attached hydrogens (tertiary/aromatic N) is 2. The van der Waals surface area contributed by atoms with Crippen LogP contribution in [0.3, 0.4) is 0 Å². The van der Waals surface area contributed by atoms with Crippen molar-refractivity contribution in [3.8, 4) is 29.9 Å². The molecule has 1 heterocycles. The van der Waals surface area contributed by atoms with Crippen LogP contribution in [0.15, 0.2) is 17.1 Å². The molecule has 0 saturated carbocycles. The molecule has 1 aromatic heterocycles. The standard InChI is InChI=1S/C24H25IN2O2S/c1-6-9-29-22-19(25)10-15(11-20(22)28-5)14-27-23-18(13-26)17-8-7-16(24(2,3)4)12-21(17)30-23/h1,10-11,14,16H,7-9,12H2,2-5H3/t16-/m0/s1. The van der Waals surface area contributed by atoms with Crippen molar-refractivity contribution >= 4 is 45.1 Å². The zero-order chi connectivity index (χ0) is 21.9. The summed E-state index contributed by atoms with van der Waals surface area (Å²) in [6.45, 7) is 7.08. The highest BCUT2D eigenvalue weighted by Crippen LogP contribution is 2.45. The maximum atomic E-state index is 9.76. The van der Waals surface area contributed by atoms with E-state index in [1.807, 2.05) is 12.1 Å². The highest BCUT2D eigenvalue weighted by atomic mass is 127. The number of benzene rings is 1. The maximum absolute atomic E-state index is 9.76. The van der Waals surface area contributed by atoms with E-state index < -0.39 is 0 Å². The molecule has 4 nitrogen and oxygen atoms in total. The van der Waals surface area contributed by atoms with E-state index in [2.05, 4.69) is 60.3 Å². The van der Waals surface area contributed by atoms with Gasteiger partial charge in [0.2, 0.25) is 0 Å². The van der Waals surface area contributed by atoms with Gasteiger partial charge in [-0.1, -0.05) is 26.7 Å². The van der Waals surface area contributed by atoms with Gasteiger partial charge in [-0.15, -0.1) is 17.8 Å². The first-order chi connectivity index (χ1) is 14.3. The van der Waals surface area contributed by atoms with E-state index in [1.54, 1.807) is 24.7 Å². The molecule has 0 bridgehead atoms. The maximum Gasteiger partial charge on any atom is 0.175 e. The molecule has 1 aliphatic rings. The number of ether oxygens (including phenoxy) is 2. The minimum atomic E-state index is 0.182. The summed E-state index contributed by atoms with van der Waals surface area (Å²) in [6.07, 6.45) is 10.2. The second kappa shape index (κ2) is 9.41. The van der Waals surface area contributed by atoms with Crippen molar-refractivity contribution in [3.05, 3.63) is 37.3 Å². The summed E-state index contributed by atoms with van der Waals surface area (Å²) in [6, 6.07) is 6.23. The van der Waals surface area contributed by atoms with Gasteiger partial charge in [0.15, 0.2) is 11.5 Å². The molecule has 0 aliphatic heterocycles. The van der Waals surface area contributed by atoms with Crippen molar-refractivity contribution in [2.24, 2.45) is 16.3 Å². The third-order valence-electron chi connectivity index (χ3n) is 5.47. The third kappa shape index (κ3) is 4.82. The first kappa shape index (κ1) is 22.7. The number of thiophene rings is 1. The van der Waals surface area contributed by atoms with Crippen molar-refractivity contribution in [1.29, 1.82) is 5.26 Å². The predicted octanol–water partition coefficient (Wildman–Crippen LogP) is 6.15. The molecule has 0 spiro atoms. The summed E-state index contributed by atoms with van der Waals surface area (Å²) in [7, 11) is 1.60. The van der Waals surface area contributed by atoms with Gasteiger partial charge in [0, 0.05) is 11.1 Å². The lowest BCUT2D eigenvalue weighted by atomic mass is 9.72. The monoisotopic (exact) mass is 532 g/mol. The summed E-state index contributed by atoms with van der Waals surface area (Å²) in [5.74, 6) is 4.34. The smallest absolute Gasteiger partial charge is 0.175 e. The molecule has 0 saturated heterocycles. The molecule has 2 aromatic rings. The fourth-order valence-electron chi connectivity index (χ4n) is 3.72. The fraction of sp³-hybridized carbons (Fsp3) is 0.417. The Morgan fingerprint density at radius 1 is 1.40 bits per heavy atom. The van der Waals surface area contributed by atoms with Gasteiger partial charge in [-0.3, -0.25) is 0 Å². The second-order valence-corrected chi connectivity index (χ2v) is 10.6. The van der Waals surface area contributed by atoms with Crippen LogP contribution in [0.25, 0.3) is 0 Å². The Morgan fingerprint density at radius 3 is 2.80 bits per heavy atom. The number of methoxy groups -OCH3 is 1. The number of halogens is 1. The van der Waals surface area contributed by atoms with Crippen LogP contribution in [-0.4, -0.2) is 19.9 Å². The van der Waals surface area contributed by atoms with E-state index in [1.165, 1.54) is 10.4 Å². The Bertz CT molecular complexity index is 1050. The molecule has 0 amide bonds. The SMILES string of the molecule is C#CCOc1c(I)cc(C=Nc2sc3c(c2C#N)CC[C@H](C(C)(C)C)C3)cc1OC. The van der Waals surface area contributed by atoms with E-state index in [0.29, 0.717) is 17.4 Å². The van der Waals surface area contributed by atoms with Gasteiger partial charge >= 0.3 is 0 Å². The minimum absolute atomic E-state index is 0.182. The molecular weight excluding hydrogens is 507 g/mol. The minimum Gasteiger partial charge on any atom is -0.493 e. The molecule has 3 rings (SSSR count). The highest BCUT2D eigenvalue weighted by molar-refractivity contribution is 14.1. The normalized spacial score (nSPS) is 16.0. The topological polar surface area (TPSA) is 54.6 Å². The first-order valence-electron chi connectivity index (χ1n) is 9.81.